The largest absolute Gasteiger partial charge is 0.497 e. The summed E-state index contributed by atoms with van der Waals surface area (Å²) in [6.45, 7) is 4.17. The average Bonchev–Trinajstić information content (AvgIpc) is 2.35. The van der Waals surface area contributed by atoms with Crippen LogP contribution in [0, 0.1) is 0 Å². The summed E-state index contributed by atoms with van der Waals surface area (Å²) in [6.07, 6.45) is 1.46. The van der Waals surface area contributed by atoms with E-state index >= 15 is 0 Å². The Bertz CT molecular complexity index is 358. The van der Waals surface area contributed by atoms with E-state index in [1.165, 1.54) is 0 Å². The van der Waals surface area contributed by atoms with Crippen molar-refractivity contribution in [1.29, 1.82) is 0 Å². The summed E-state index contributed by atoms with van der Waals surface area (Å²) in [4.78, 5) is 0. The third kappa shape index (κ3) is 3.00. The molecule has 0 aromatic heterocycles. The van der Waals surface area contributed by atoms with Crippen LogP contribution in [0.3, 0.4) is 0 Å². The van der Waals surface area contributed by atoms with E-state index in [1.807, 2.05) is 18.2 Å². The van der Waals surface area contributed by atoms with Crippen LogP contribution in [0.2, 0.25) is 0 Å². The number of rotatable bonds is 6. The standard InChI is InChI=1S/C13H18O3/c1-10(5-4-8-14)12-9-11(15-2)6-7-13(12)16-3/h6-7,9,14H,1,4-5,8H2,2-3H3. The van der Waals surface area contributed by atoms with E-state index in [9.17, 15) is 0 Å². The Morgan fingerprint density at radius 3 is 2.62 bits per heavy atom. The lowest BCUT2D eigenvalue weighted by Crippen LogP contribution is -1.94. The van der Waals surface area contributed by atoms with Gasteiger partial charge >= 0.3 is 0 Å². The molecule has 0 radical (unpaired) electrons. The summed E-state index contributed by atoms with van der Waals surface area (Å²) in [7, 11) is 3.26. The molecule has 0 saturated carbocycles. The molecule has 0 heterocycles. The predicted molar refractivity (Wildman–Crippen MR) is 64.9 cm³/mol. The summed E-state index contributed by atoms with van der Waals surface area (Å²) in [5.41, 5.74) is 1.89. The molecule has 88 valence electrons. The van der Waals surface area contributed by atoms with Crippen LogP contribution in [0.1, 0.15) is 18.4 Å². The van der Waals surface area contributed by atoms with Gasteiger partial charge in [-0.3, -0.25) is 0 Å². The fraction of sp³-hybridized carbons (Fsp3) is 0.385. The fourth-order valence-electron chi connectivity index (χ4n) is 1.52. The molecular formula is C13H18O3. The van der Waals surface area contributed by atoms with Gasteiger partial charge < -0.3 is 14.6 Å². The first-order valence-corrected chi connectivity index (χ1v) is 5.24. The van der Waals surface area contributed by atoms with E-state index in [0.29, 0.717) is 6.42 Å². The van der Waals surface area contributed by atoms with Crippen molar-refractivity contribution in [3.63, 3.8) is 0 Å². The highest BCUT2D eigenvalue weighted by Crippen LogP contribution is 2.31. The highest BCUT2D eigenvalue weighted by atomic mass is 16.5. The fourth-order valence-corrected chi connectivity index (χ4v) is 1.52. The zero-order valence-electron chi connectivity index (χ0n) is 9.82. The maximum absolute atomic E-state index is 8.79. The topological polar surface area (TPSA) is 38.7 Å². The van der Waals surface area contributed by atoms with Crippen LogP contribution in [0.25, 0.3) is 5.57 Å². The van der Waals surface area contributed by atoms with E-state index in [2.05, 4.69) is 6.58 Å². The van der Waals surface area contributed by atoms with Gasteiger partial charge in [0.15, 0.2) is 0 Å². The van der Waals surface area contributed by atoms with Crippen molar-refractivity contribution < 1.29 is 14.6 Å². The lowest BCUT2D eigenvalue weighted by Gasteiger charge is -2.12. The second-order valence-electron chi connectivity index (χ2n) is 3.50. The second-order valence-corrected chi connectivity index (χ2v) is 3.50. The van der Waals surface area contributed by atoms with Crippen LogP contribution in [0.15, 0.2) is 24.8 Å². The Morgan fingerprint density at radius 2 is 2.06 bits per heavy atom. The molecule has 0 aliphatic rings. The molecule has 1 rings (SSSR count). The number of hydrogen-bond donors (Lipinski definition) is 1. The van der Waals surface area contributed by atoms with Crippen molar-refractivity contribution in [3.05, 3.63) is 30.3 Å². The summed E-state index contributed by atoms with van der Waals surface area (Å²) < 4.78 is 10.4. The number of methoxy groups -OCH3 is 2. The van der Waals surface area contributed by atoms with Crippen LogP contribution in [0.5, 0.6) is 11.5 Å². The van der Waals surface area contributed by atoms with Gasteiger partial charge in [0.25, 0.3) is 0 Å². The number of allylic oxidation sites excluding steroid dienone is 1. The first kappa shape index (κ1) is 12.6. The van der Waals surface area contributed by atoms with E-state index in [1.54, 1.807) is 14.2 Å². The zero-order valence-corrected chi connectivity index (χ0v) is 9.82. The molecule has 0 saturated heterocycles. The normalized spacial score (nSPS) is 9.94. The van der Waals surface area contributed by atoms with Crippen molar-refractivity contribution in [2.45, 2.75) is 12.8 Å². The van der Waals surface area contributed by atoms with E-state index in [0.717, 1.165) is 29.1 Å². The van der Waals surface area contributed by atoms with Gasteiger partial charge in [0.1, 0.15) is 11.5 Å². The van der Waals surface area contributed by atoms with E-state index in [4.69, 9.17) is 14.6 Å². The van der Waals surface area contributed by atoms with Gasteiger partial charge in [-0.1, -0.05) is 6.58 Å². The Kier molecular flexibility index (Phi) is 4.86. The molecule has 0 bridgehead atoms. The highest BCUT2D eigenvalue weighted by molar-refractivity contribution is 5.70. The first-order valence-electron chi connectivity index (χ1n) is 5.24. The lowest BCUT2D eigenvalue weighted by molar-refractivity contribution is 0.290. The molecule has 0 fully saturated rings. The lowest BCUT2D eigenvalue weighted by atomic mass is 10.0. The minimum Gasteiger partial charge on any atom is -0.497 e. The predicted octanol–water partition coefficient (Wildman–Crippen LogP) is 2.49. The zero-order chi connectivity index (χ0) is 12.0. The maximum atomic E-state index is 8.79. The molecule has 16 heavy (non-hydrogen) atoms. The van der Waals surface area contributed by atoms with Gasteiger partial charge in [0.2, 0.25) is 0 Å². The van der Waals surface area contributed by atoms with E-state index in [-0.39, 0.29) is 6.61 Å². The van der Waals surface area contributed by atoms with E-state index < -0.39 is 0 Å². The Balaban J connectivity index is 2.94. The van der Waals surface area contributed by atoms with Crippen molar-refractivity contribution in [2.75, 3.05) is 20.8 Å². The molecule has 0 spiro atoms. The minimum atomic E-state index is 0.172. The smallest absolute Gasteiger partial charge is 0.126 e. The first-order chi connectivity index (χ1) is 7.72. The van der Waals surface area contributed by atoms with Gasteiger partial charge in [0, 0.05) is 12.2 Å². The summed E-state index contributed by atoms with van der Waals surface area (Å²) in [5, 5.41) is 8.79. The van der Waals surface area contributed by atoms with Crippen LogP contribution in [-0.2, 0) is 0 Å². The van der Waals surface area contributed by atoms with Crippen molar-refractivity contribution >= 4 is 5.57 Å². The molecule has 1 aromatic carbocycles. The molecule has 0 amide bonds. The van der Waals surface area contributed by atoms with Gasteiger partial charge in [-0.05, 0) is 36.6 Å². The molecular weight excluding hydrogens is 204 g/mol. The Morgan fingerprint density at radius 1 is 1.31 bits per heavy atom. The number of aliphatic hydroxyl groups is 1. The molecule has 1 N–H and O–H groups in total. The average molecular weight is 222 g/mol. The van der Waals surface area contributed by atoms with Gasteiger partial charge in [-0.25, -0.2) is 0 Å². The number of benzene rings is 1. The number of hydrogen-bond acceptors (Lipinski definition) is 3. The van der Waals surface area contributed by atoms with Crippen LogP contribution >= 0.6 is 0 Å². The van der Waals surface area contributed by atoms with Crippen LogP contribution in [0.4, 0.5) is 0 Å². The Labute approximate surface area is 96.3 Å². The molecule has 0 atom stereocenters. The van der Waals surface area contributed by atoms with Crippen molar-refractivity contribution in [1.82, 2.24) is 0 Å². The third-order valence-corrected chi connectivity index (χ3v) is 2.42. The quantitative estimate of drug-likeness (QED) is 0.803. The molecule has 0 aliphatic carbocycles. The minimum absolute atomic E-state index is 0.172. The molecule has 1 aromatic rings. The number of aliphatic hydroxyl groups excluding tert-OH is 1. The summed E-state index contributed by atoms with van der Waals surface area (Å²) in [6, 6.07) is 5.61. The van der Waals surface area contributed by atoms with Gasteiger partial charge in [0.05, 0.1) is 14.2 Å². The summed E-state index contributed by atoms with van der Waals surface area (Å²) in [5.74, 6) is 1.56. The molecule has 3 heteroatoms. The monoisotopic (exact) mass is 222 g/mol. The summed E-state index contributed by atoms with van der Waals surface area (Å²) >= 11 is 0. The van der Waals surface area contributed by atoms with Gasteiger partial charge in [-0.15, -0.1) is 0 Å². The van der Waals surface area contributed by atoms with Crippen LogP contribution < -0.4 is 9.47 Å². The van der Waals surface area contributed by atoms with Crippen molar-refractivity contribution in [3.8, 4) is 11.5 Å². The highest BCUT2D eigenvalue weighted by Gasteiger charge is 2.08. The van der Waals surface area contributed by atoms with Gasteiger partial charge in [-0.2, -0.15) is 0 Å². The number of ether oxygens (including phenoxy) is 2. The SMILES string of the molecule is C=C(CCCO)c1cc(OC)ccc1OC. The second kappa shape index (κ2) is 6.18. The maximum Gasteiger partial charge on any atom is 0.126 e. The Hall–Kier alpha value is -1.48. The molecule has 3 nitrogen and oxygen atoms in total. The molecule has 0 aliphatic heterocycles. The van der Waals surface area contributed by atoms with Crippen LogP contribution in [-0.4, -0.2) is 25.9 Å². The van der Waals surface area contributed by atoms with Crippen molar-refractivity contribution in [2.24, 2.45) is 0 Å². The molecule has 0 unspecified atom stereocenters. The third-order valence-electron chi connectivity index (χ3n) is 2.42.